The number of nitrogens with zero attached hydrogens (tertiary/aromatic N) is 4. The van der Waals surface area contributed by atoms with Crippen LogP contribution < -0.4 is 11.2 Å². The Hall–Kier alpha value is -3.48. The Labute approximate surface area is 153 Å². The van der Waals surface area contributed by atoms with E-state index in [1.165, 1.54) is 16.7 Å². The number of hydrogen-bond acceptors (Lipinski definition) is 3. The van der Waals surface area contributed by atoms with Crippen molar-refractivity contribution in [2.45, 2.75) is 13.1 Å². The number of benzene rings is 2. The first-order valence-electron chi connectivity index (χ1n) is 8.47. The van der Waals surface area contributed by atoms with E-state index in [0.717, 1.165) is 10.1 Å². The number of imidazole rings is 1. The van der Waals surface area contributed by atoms with E-state index in [1.807, 2.05) is 30.3 Å². The molecule has 0 radical (unpaired) electrons. The van der Waals surface area contributed by atoms with Crippen LogP contribution in [0.1, 0.15) is 11.1 Å². The highest BCUT2D eigenvalue weighted by Crippen LogP contribution is 2.10. The minimum absolute atomic E-state index is 0.00424. The van der Waals surface area contributed by atoms with Crippen LogP contribution >= 0.6 is 0 Å². The maximum absolute atomic E-state index is 13.5. The van der Waals surface area contributed by atoms with Gasteiger partial charge in [-0.05, 0) is 23.3 Å². The van der Waals surface area contributed by atoms with E-state index in [0.29, 0.717) is 23.3 Å². The summed E-state index contributed by atoms with van der Waals surface area (Å²) in [6, 6.07) is 15.6. The van der Waals surface area contributed by atoms with Crippen LogP contribution in [0.15, 0.2) is 70.5 Å². The predicted octanol–water partition coefficient (Wildman–Crippen LogP) is 2.13. The Morgan fingerprint density at radius 3 is 2.44 bits per heavy atom. The molecule has 0 aliphatic rings. The molecule has 0 N–H and O–H groups in total. The van der Waals surface area contributed by atoms with Crippen LogP contribution in [0.4, 0.5) is 4.39 Å². The fraction of sp³-hybridized carbons (Fsp3) is 0.150. The van der Waals surface area contributed by atoms with Crippen LogP contribution in [0, 0.1) is 5.82 Å². The van der Waals surface area contributed by atoms with Crippen LogP contribution in [0.2, 0.25) is 0 Å². The first kappa shape index (κ1) is 17.0. The lowest BCUT2D eigenvalue weighted by molar-refractivity contribution is 0.616. The number of aryl methyl sites for hydroxylation is 1. The van der Waals surface area contributed by atoms with Crippen molar-refractivity contribution < 1.29 is 4.39 Å². The fourth-order valence-corrected chi connectivity index (χ4v) is 3.18. The normalized spacial score (nSPS) is 11.2. The molecule has 0 aliphatic heterocycles. The second-order valence-corrected chi connectivity index (χ2v) is 6.39. The zero-order valence-electron chi connectivity index (χ0n) is 14.7. The van der Waals surface area contributed by atoms with Crippen LogP contribution in [-0.2, 0) is 20.1 Å². The van der Waals surface area contributed by atoms with E-state index in [9.17, 15) is 14.0 Å². The highest BCUT2D eigenvalue weighted by molar-refractivity contribution is 5.70. The van der Waals surface area contributed by atoms with E-state index < -0.39 is 17.1 Å². The van der Waals surface area contributed by atoms with Gasteiger partial charge in [-0.1, -0.05) is 42.5 Å². The summed E-state index contributed by atoms with van der Waals surface area (Å²) in [6.45, 7) is 0.459. The Morgan fingerprint density at radius 1 is 0.963 bits per heavy atom. The number of rotatable bonds is 4. The summed E-state index contributed by atoms with van der Waals surface area (Å²) in [5.41, 5.74) is 1.31. The van der Waals surface area contributed by atoms with Crippen molar-refractivity contribution in [3.63, 3.8) is 0 Å². The molecule has 0 bridgehead atoms. The Morgan fingerprint density at radius 2 is 1.70 bits per heavy atom. The molecule has 7 heteroatoms. The molecule has 0 saturated heterocycles. The van der Waals surface area contributed by atoms with Crippen molar-refractivity contribution in [2.24, 2.45) is 7.05 Å². The summed E-state index contributed by atoms with van der Waals surface area (Å²) in [5, 5.41) is 0. The molecule has 0 fully saturated rings. The lowest BCUT2D eigenvalue weighted by Crippen LogP contribution is -2.40. The summed E-state index contributed by atoms with van der Waals surface area (Å²) in [6.07, 6.45) is 1.56. The quantitative estimate of drug-likeness (QED) is 0.557. The molecule has 2 aromatic heterocycles. The van der Waals surface area contributed by atoms with E-state index in [4.69, 9.17) is 0 Å². The first-order chi connectivity index (χ1) is 13.0. The second-order valence-electron chi connectivity index (χ2n) is 6.39. The molecule has 0 saturated carbocycles. The summed E-state index contributed by atoms with van der Waals surface area (Å²) >= 11 is 0. The standard InChI is InChI=1S/C20H17FN4O2/c1-23-18-17(24(13-22-18)11-14-6-3-2-4-7-14)19(26)25(20(23)27)12-15-8-5-9-16(21)10-15/h2-10,13H,11-12H2,1H3. The smallest absolute Gasteiger partial charge is 0.320 e. The third-order valence-corrected chi connectivity index (χ3v) is 4.53. The monoisotopic (exact) mass is 364 g/mol. The van der Waals surface area contributed by atoms with E-state index in [2.05, 4.69) is 4.98 Å². The molecule has 4 aromatic rings. The molecule has 0 aliphatic carbocycles. The van der Waals surface area contributed by atoms with Crippen molar-refractivity contribution in [1.82, 2.24) is 18.7 Å². The zero-order chi connectivity index (χ0) is 19.0. The topological polar surface area (TPSA) is 61.8 Å². The van der Waals surface area contributed by atoms with Gasteiger partial charge in [0.15, 0.2) is 11.2 Å². The molecule has 0 atom stereocenters. The lowest BCUT2D eigenvalue weighted by Gasteiger charge is -2.10. The maximum Gasteiger partial charge on any atom is 0.332 e. The molecule has 136 valence electrons. The average molecular weight is 364 g/mol. The summed E-state index contributed by atoms with van der Waals surface area (Å²) in [7, 11) is 1.58. The van der Waals surface area contributed by atoms with E-state index in [-0.39, 0.29) is 6.54 Å². The summed E-state index contributed by atoms with van der Waals surface area (Å²) in [4.78, 5) is 30.0. The van der Waals surface area contributed by atoms with E-state index in [1.54, 1.807) is 30.1 Å². The van der Waals surface area contributed by atoms with Gasteiger partial charge < -0.3 is 4.57 Å². The van der Waals surface area contributed by atoms with Crippen molar-refractivity contribution in [1.29, 1.82) is 0 Å². The van der Waals surface area contributed by atoms with Gasteiger partial charge in [0.25, 0.3) is 5.56 Å². The Balaban J connectivity index is 1.86. The second kappa shape index (κ2) is 6.68. The van der Waals surface area contributed by atoms with Crippen LogP contribution in [-0.4, -0.2) is 18.7 Å². The Kier molecular flexibility index (Phi) is 4.19. The molecule has 0 amide bonds. The van der Waals surface area contributed by atoms with Crippen molar-refractivity contribution in [2.75, 3.05) is 0 Å². The average Bonchev–Trinajstić information content (AvgIpc) is 3.08. The van der Waals surface area contributed by atoms with Gasteiger partial charge in [0.2, 0.25) is 0 Å². The molecule has 2 heterocycles. The van der Waals surface area contributed by atoms with Crippen molar-refractivity contribution in [3.05, 3.63) is 98.7 Å². The number of hydrogen-bond donors (Lipinski definition) is 0. The van der Waals surface area contributed by atoms with Gasteiger partial charge in [0.05, 0.1) is 12.9 Å². The largest absolute Gasteiger partial charge is 0.332 e. The molecule has 6 nitrogen and oxygen atoms in total. The minimum atomic E-state index is -0.485. The predicted molar refractivity (Wildman–Crippen MR) is 100 cm³/mol. The molecule has 0 unspecified atom stereocenters. The van der Waals surface area contributed by atoms with E-state index >= 15 is 0 Å². The third-order valence-electron chi connectivity index (χ3n) is 4.53. The van der Waals surface area contributed by atoms with Crippen LogP contribution in [0.25, 0.3) is 11.2 Å². The van der Waals surface area contributed by atoms with Gasteiger partial charge in [0, 0.05) is 13.6 Å². The summed E-state index contributed by atoms with van der Waals surface area (Å²) in [5.74, 6) is -0.410. The SMILES string of the molecule is Cn1c(=O)n(Cc2cccc(F)c2)c(=O)c2c1ncn2Cc1ccccc1. The third kappa shape index (κ3) is 3.08. The highest BCUT2D eigenvalue weighted by atomic mass is 19.1. The lowest BCUT2D eigenvalue weighted by atomic mass is 10.2. The van der Waals surface area contributed by atoms with Crippen LogP contribution in [0.3, 0.4) is 0 Å². The number of halogens is 1. The molecular weight excluding hydrogens is 347 g/mol. The maximum atomic E-state index is 13.5. The van der Waals surface area contributed by atoms with Crippen molar-refractivity contribution >= 4 is 11.2 Å². The van der Waals surface area contributed by atoms with Crippen molar-refractivity contribution in [3.8, 4) is 0 Å². The fourth-order valence-electron chi connectivity index (χ4n) is 3.18. The van der Waals surface area contributed by atoms with Gasteiger partial charge >= 0.3 is 5.69 Å². The van der Waals surface area contributed by atoms with Gasteiger partial charge in [-0.15, -0.1) is 0 Å². The van der Waals surface area contributed by atoms with Gasteiger partial charge in [-0.3, -0.25) is 13.9 Å². The molecule has 2 aromatic carbocycles. The van der Waals surface area contributed by atoms with Gasteiger partial charge in [-0.2, -0.15) is 0 Å². The molecule has 0 spiro atoms. The first-order valence-corrected chi connectivity index (χ1v) is 8.47. The molecule has 27 heavy (non-hydrogen) atoms. The Bertz CT molecular complexity index is 1240. The van der Waals surface area contributed by atoms with Gasteiger partial charge in [-0.25, -0.2) is 14.2 Å². The van der Waals surface area contributed by atoms with Gasteiger partial charge in [0.1, 0.15) is 5.82 Å². The zero-order valence-corrected chi connectivity index (χ0v) is 14.7. The molecular formula is C20H17FN4O2. The minimum Gasteiger partial charge on any atom is -0.320 e. The number of aromatic nitrogens is 4. The number of fused-ring (bicyclic) bond motifs is 1. The molecule has 4 rings (SSSR count). The van der Waals surface area contributed by atoms with Crippen LogP contribution in [0.5, 0.6) is 0 Å². The highest BCUT2D eigenvalue weighted by Gasteiger charge is 2.16. The summed E-state index contributed by atoms with van der Waals surface area (Å²) < 4.78 is 17.7.